The molecule has 3 unspecified atom stereocenters. The van der Waals surface area contributed by atoms with Crippen LogP contribution >= 0.6 is 17.2 Å². The van der Waals surface area contributed by atoms with Gasteiger partial charge in [0, 0.05) is 5.66 Å². The van der Waals surface area contributed by atoms with E-state index in [1.54, 1.807) is 6.92 Å². The van der Waals surface area contributed by atoms with Crippen molar-refractivity contribution in [2.24, 2.45) is 0 Å². The van der Waals surface area contributed by atoms with E-state index in [0.29, 0.717) is 13.2 Å². The molecule has 0 bridgehead atoms. The average molecular weight is 316 g/mol. The molecule has 3 atom stereocenters. The van der Waals surface area contributed by atoms with Gasteiger partial charge in [0.05, 0.1) is 13.2 Å². The SMILES string of the molecule is CCOP(OCC(CC)PC(C)=O)Oc1ccccc1. The summed E-state index contributed by atoms with van der Waals surface area (Å²) in [5.74, 6) is 0.731. The van der Waals surface area contributed by atoms with Crippen LogP contribution in [0.2, 0.25) is 0 Å². The molecule has 0 aliphatic heterocycles. The Morgan fingerprint density at radius 3 is 2.50 bits per heavy atom. The maximum absolute atomic E-state index is 11.2. The van der Waals surface area contributed by atoms with Crippen LogP contribution in [0, 0.1) is 0 Å². The largest absolute Gasteiger partial charge is 0.427 e. The maximum Gasteiger partial charge on any atom is 0.397 e. The highest BCUT2D eigenvalue weighted by Crippen LogP contribution is 2.41. The number of benzene rings is 1. The van der Waals surface area contributed by atoms with Crippen LogP contribution < -0.4 is 4.52 Å². The molecule has 0 amide bonds. The Bertz CT molecular complexity index is 386. The van der Waals surface area contributed by atoms with E-state index in [2.05, 4.69) is 6.92 Å². The van der Waals surface area contributed by atoms with Gasteiger partial charge in [0.15, 0.2) is 0 Å². The minimum absolute atomic E-state index is 0.213. The Hall–Kier alpha value is -0.530. The molecule has 1 aromatic carbocycles. The topological polar surface area (TPSA) is 44.8 Å². The lowest BCUT2D eigenvalue weighted by Crippen LogP contribution is -2.11. The van der Waals surface area contributed by atoms with Crippen LogP contribution in [0.5, 0.6) is 5.75 Å². The molecular formula is C14H22O4P2. The van der Waals surface area contributed by atoms with Crippen LogP contribution in [0.3, 0.4) is 0 Å². The van der Waals surface area contributed by atoms with Crippen LogP contribution in [-0.4, -0.2) is 24.4 Å². The van der Waals surface area contributed by atoms with E-state index in [-0.39, 0.29) is 19.8 Å². The van der Waals surface area contributed by atoms with Crippen molar-refractivity contribution in [2.45, 2.75) is 32.9 Å². The first-order valence-corrected chi connectivity index (χ1v) is 8.89. The Balaban J connectivity index is 2.47. The zero-order valence-corrected chi connectivity index (χ0v) is 14.1. The molecule has 0 saturated heterocycles. The van der Waals surface area contributed by atoms with Crippen molar-refractivity contribution in [3.8, 4) is 5.75 Å². The van der Waals surface area contributed by atoms with Gasteiger partial charge < -0.3 is 13.6 Å². The predicted octanol–water partition coefficient (Wildman–Crippen LogP) is 4.35. The second kappa shape index (κ2) is 10.2. The van der Waals surface area contributed by atoms with Crippen LogP contribution in [0.4, 0.5) is 0 Å². The third-order valence-corrected chi connectivity index (χ3v) is 5.02. The van der Waals surface area contributed by atoms with Crippen LogP contribution in [0.15, 0.2) is 30.3 Å². The van der Waals surface area contributed by atoms with Crippen molar-refractivity contribution in [3.05, 3.63) is 30.3 Å². The normalized spacial score (nSPS) is 14.3. The van der Waals surface area contributed by atoms with E-state index >= 15 is 0 Å². The highest BCUT2D eigenvalue weighted by atomic mass is 31.2. The van der Waals surface area contributed by atoms with E-state index < -0.39 is 8.60 Å². The predicted molar refractivity (Wildman–Crippen MR) is 84.6 cm³/mol. The molecule has 0 spiro atoms. The number of hydrogen-bond donors (Lipinski definition) is 0. The zero-order valence-electron chi connectivity index (χ0n) is 12.2. The molecule has 4 nitrogen and oxygen atoms in total. The Labute approximate surface area is 124 Å². The van der Waals surface area contributed by atoms with Gasteiger partial charge in [0.25, 0.3) is 0 Å². The van der Waals surface area contributed by atoms with Crippen LogP contribution in [-0.2, 0) is 13.8 Å². The summed E-state index contributed by atoms with van der Waals surface area (Å²) in [4.78, 5) is 11.2. The van der Waals surface area contributed by atoms with Gasteiger partial charge in [-0.3, -0.25) is 4.79 Å². The fraction of sp³-hybridized carbons (Fsp3) is 0.500. The molecule has 0 fully saturated rings. The molecule has 0 N–H and O–H groups in total. The van der Waals surface area contributed by atoms with Gasteiger partial charge in [-0.05, 0) is 41.0 Å². The first-order chi connectivity index (χ1) is 9.65. The van der Waals surface area contributed by atoms with Crippen molar-refractivity contribution in [3.63, 3.8) is 0 Å². The summed E-state index contributed by atoms with van der Waals surface area (Å²) in [6, 6.07) is 9.47. The summed E-state index contributed by atoms with van der Waals surface area (Å²) >= 11 is 0. The van der Waals surface area contributed by atoms with Gasteiger partial charge in [-0.1, -0.05) is 25.1 Å². The fourth-order valence-electron chi connectivity index (χ4n) is 1.46. The molecule has 1 aromatic rings. The van der Waals surface area contributed by atoms with Crippen LogP contribution in [0.1, 0.15) is 27.2 Å². The average Bonchev–Trinajstić information content (AvgIpc) is 2.44. The molecule has 0 radical (unpaired) electrons. The summed E-state index contributed by atoms with van der Waals surface area (Å²) in [5, 5.41) is 0. The number of para-hydroxylation sites is 1. The smallest absolute Gasteiger partial charge is 0.397 e. The highest BCUT2D eigenvalue weighted by Gasteiger charge is 2.18. The lowest BCUT2D eigenvalue weighted by atomic mass is 10.3. The molecular weight excluding hydrogens is 294 g/mol. The second-order valence-electron chi connectivity index (χ2n) is 4.15. The third-order valence-electron chi connectivity index (χ3n) is 2.44. The summed E-state index contributed by atoms with van der Waals surface area (Å²) in [6.45, 7) is 6.61. The molecule has 1 rings (SSSR count). The van der Waals surface area contributed by atoms with Crippen molar-refractivity contribution in [1.82, 2.24) is 0 Å². The Kier molecular flexibility index (Phi) is 8.97. The molecule has 0 aliphatic carbocycles. The first kappa shape index (κ1) is 17.5. The van der Waals surface area contributed by atoms with E-state index in [0.717, 1.165) is 12.2 Å². The van der Waals surface area contributed by atoms with Gasteiger partial charge in [-0.15, -0.1) is 0 Å². The van der Waals surface area contributed by atoms with Gasteiger partial charge in [0.1, 0.15) is 11.3 Å². The minimum atomic E-state index is -1.41. The van der Waals surface area contributed by atoms with Crippen molar-refractivity contribution < 1.29 is 18.4 Å². The Morgan fingerprint density at radius 1 is 1.25 bits per heavy atom. The standard InChI is InChI=1S/C14H22O4P2/c1-4-14(19-12(3)15)11-17-20(16-5-2)18-13-9-7-6-8-10-13/h6-10,14,19H,4-5,11H2,1-3H3. The molecule has 6 heteroatoms. The van der Waals surface area contributed by atoms with Gasteiger partial charge in [-0.25, -0.2) is 0 Å². The molecule has 0 saturated carbocycles. The monoisotopic (exact) mass is 316 g/mol. The molecule has 0 aromatic heterocycles. The highest BCUT2D eigenvalue weighted by molar-refractivity contribution is 7.58. The summed E-state index contributed by atoms with van der Waals surface area (Å²) < 4.78 is 16.9. The quantitative estimate of drug-likeness (QED) is 0.602. The van der Waals surface area contributed by atoms with Gasteiger partial charge in [0.2, 0.25) is 0 Å². The third kappa shape index (κ3) is 7.31. The zero-order chi connectivity index (χ0) is 14.8. The fourth-order valence-corrected chi connectivity index (χ4v) is 3.53. The molecule has 20 heavy (non-hydrogen) atoms. The lowest BCUT2D eigenvalue weighted by Gasteiger charge is -2.19. The van der Waals surface area contributed by atoms with E-state index in [1.165, 1.54) is 0 Å². The summed E-state index contributed by atoms with van der Waals surface area (Å²) in [7, 11) is -1.12. The van der Waals surface area contributed by atoms with E-state index in [4.69, 9.17) is 13.6 Å². The van der Waals surface area contributed by atoms with Crippen molar-refractivity contribution in [1.29, 1.82) is 0 Å². The molecule has 0 aliphatic rings. The van der Waals surface area contributed by atoms with Gasteiger partial charge >= 0.3 is 8.60 Å². The first-order valence-electron chi connectivity index (χ1n) is 6.71. The van der Waals surface area contributed by atoms with E-state index in [1.807, 2.05) is 37.3 Å². The Morgan fingerprint density at radius 2 is 1.95 bits per heavy atom. The van der Waals surface area contributed by atoms with Crippen LogP contribution in [0.25, 0.3) is 0 Å². The second-order valence-corrected chi connectivity index (χ2v) is 7.10. The molecule has 112 valence electrons. The minimum Gasteiger partial charge on any atom is -0.427 e. The van der Waals surface area contributed by atoms with Crippen molar-refractivity contribution in [2.75, 3.05) is 13.2 Å². The maximum atomic E-state index is 11.2. The number of carbonyl (C=O) groups is 1. The van der Waals surface area contributed by atoms with Gasteiger partial charge in [-0.2, -0.15) is 0 Å². The van der Waals surface area contributed by atoms with Crippen molar-refractivity contribution >= 4 is 22.7 Å². The number of rotatable bonds is 10. The lowest BCUT2D eigenvalue weighted by molar-refractivity contribution is -0.109. The summed E-state index contributed by atoms with van der Waals surface area (Å²) in [6.07, 6.45) is 0.915. The summed E-state index contributed by atoms with van der Waals surface area (Å²) in [5.41, 5.74) is 0.461. The molecule has 0 heterocycles. The number of hydrogen-bond acceptors (Lipinski definition) is 4. The van der Waals surface area contributed by atoms with E-state index in [9.17, 15) is 4.79 Å². The number of carbonyl (C=O) groups excluding carboxylic acids is 1.